The zero-order valence-corrected chi connectivity index (χ0v) is 14.1. The number of carbonyl (C=O) groups excluding carboxylic acids is 3. The number of carbonyl (C=O) groups is 3. The average Bonchev–Trinajstić information content (AvgIpc) is 3.14. The summed E-state index contributed by atoms with van der Waals surface area (Å²) < 4.78 is 10.2. The minimum atomic E-state index is -1.29. The van der Waals surface area contributed by atoms with Crippen LogP contribution in [-0.2, 0) is 19.1 Å². The summed E-state index contributed by atoms with van der Waals surface area (Å²) in [5.41, 5.74) is -0.00449. The molecule has 0 bridgehead atoms. The van der Waals surface area contributed by atoms with Crippen LogP contribution in [-0.4, -0.2) is 47.9 Å². The molecule has 0 N–H and O–H groups in total. The third-order valence-electron chi connectivity index (χ3n) is 4.00. The number of hydrogen-bond donors (Lipinski definition) is 0. The number of imide groups is 1. The molecule has 2 amide bonds. The van der Waals surface area contributed by atoms with Crippen molar-refractivity contribution in [2.24, 2.45) is 16.3 Å². The largest absolute Gasteiger partial charge is 0.494 e. The Morgan fingerprint density at radius 1 is 1.15 bits per heavy atom. The van der Waals surface area contributed by atoms with Gasteiger partial charge in [-0.1, -0.05) is 0 Å². The second-order valence-corrected chi connectivity index (χ2v) is 5.47. The first-order valence-corrected chi connectivity index (χ1v) is 8.02. The van der Waals surface area contributed by atoms with Gasteiger partial charge >= 0.3 is 5.97 Å². The van der Waals surface area contributed by atoms with Crippen LogP contribution in [0.2, 0.25) is 0 Å². The van der Waals surface area contributed by atoms with Gasteiger partial charge in [-0.05, 0) is 38.1 Å². The Kier molecular flexibility index (Phi) is 4.65. The molecule has 3 rings (SSSR count). The monoisotopic (exact) mass is 360 g/mol. The number of esters is 1. The molecule has 1 saturated heterocycles. The summed E-state index contributed by atoms with van der Waals surface area (Å²) in [5, 5.41) is 6.88. The van der Waals surface area contributed by atoms with Gasteiger partial charge in [0.05, 0.1) is 24.2 Å². The number of ether oxygens (including phenoxy) is 2. The number of amides is 2. The lowest BCUT2D eigenvalue weighted by Gasteiger charge is -2.17. The number of benzene rings is 1. The maximum atomic E-state index is 12.8. The molecule has 0 radical (unpaired) electrons. The summed E-state index contributed by atoms with van der Waals surface area (Å²) in [5.74, 6) is -2.86. The van der Waals surface area contributed by atoms with Crippen molar-refractivity contribution in [3.63, 3.8) is 0 Å². The molecular formula is C16H16N4O6. The van der Waals surface area contributed by atoms with E-state index in [0.29, 0.717) is 23.2 Å². The topological polar surface area (TPSA) is 118 Å². The predicted molar refractivity (Wildman–Crippen MR) is 89.1 cm³/mol. The summed E-state index contributed by atoms with van der Waals surface area (Å²) in [6.45, 7) is 3.97. The van der Waals surface area contributed by atoms with Gasteiger partial charge in [0.25, 0.3) is 5.91 Å². The Bertz CT molecular complexity index is 790. The average molecular weight is 360 g/mol. The highest BCUT2D eigenvalue weighted by Gasteiger charge is 2.59. The second-order valence-electron chi connectivity index (χ2n) is 5.47. The molecule has 2 aliphatic heterocycles. The Morgan fingerprint density at radius 2 is 1.85 bits per heavy atom. The van der Waals surface area contributed by atoms with Gasteiger partial charge in [-0.2, -0.15) is 0 Å². The van der Waals surface area contributed by atoms with Gasteiger partial charge in [-0.15, -0.1) is 15.1 Å². The first-order valence-electron chi connectivity index (χ1n) is 8.02. The molecule has 0 aliphatic carbocycles. The van der Waals surface area contributed by atoms with E-state index < -0.39 is 29.7 Å². The van der Waals surface area contributed by atoms with Crippen molar-refractivity contribution in [2.45, 2.75) is 19.9 Å². The van der Waals surface area contributed by atoms with Crippen LogP contribution >= 0.6 is 0 Å². The van der Waals surface area contributed by atoms with Crippen molar-refractivity contribution in [3.8, 4) is 5.75 Å². The van der Waals surface area contributed by atoms with Crippen LogP contribution in [0.4, 0.5) is 5.69 Å². The lowest BCUT2D eigenvalue weighted by atomic mass is 9.98. The Labute approximate surface area is 148 Å². The smallest absolute Gasteiger partial charge is 0.355 e. The summed E-state index contributed by atoms with van der Waals surface area (Å²) >= 11 is 0. The molecule has 10 nitrogen and oxygen atoms in total. The number of hydrogen-bond acceptors (Lipinski definition) is 8. The molecule has 10 heteroatoms. The number of nitrogens with zero attached hydrogens (tertiary/aromatic N) is 4. The molecule has 136 valence electrons. The van der Waals surface area contributed by atoms with E-state index in [0.717, 1.165) is 4.90 Å². The van der Waals surface area contributed by atoms with Crippen molar-refractivity contribution in [3.05, 3.63) is 29.2 Å². The van der Waals surface area contributed by atoms with Crippen LogP contribution in [0.3, 0.4) is 0 Å². The van der Waals surface area contributed by atoms with Crippen LogP contribution in [0.5, 0.6) is 5.75 Å². The lowest BCUT2D eigenvalue weighted by molar-refractivity contribution is -0.136. The van der Waals surface area contributed by atoms with Gasteiger partial charge in [0.15, 0.2) is 11.8 Å². The molecule has 2 aliphatic rings. The van der Waals surface area contributed by atoms with E-state index in [4.69, 9.17) is 9.47 Å². The van der Waals surface area contributed by atoms with E-state index in [1.807, 2.05) is 6.92 Å². The Balaban J connectivity index is 1.93. The first kappa shape index (κ1) is 17.5. The highest BCUT2D eigenvalue weighted by Crippen LogP contribution is 2.36. The third-order valence-corrected chi connectivity index (χ3v) is 4.00. The molecule has 2 heterocycles. The SMILES string of the molecule is CCOC(=O)C1=NN(N=O)[C@H]2C(=O)N(c3ccc(OCC)cc3)C(=O)[C@H]12. The van der Waals surface area contributed by atoms with Crippen molar-refractivity contribution >= 4 is 29.2 Å². The van der Waals surface area contributed by atoms with Crippen LogP contribution in [0.15, 0.2) is 34.7 Å². The van der Waals surface area contributed by atoms with E-state index in [2.05, 4.69) is 10.4 Å². The van der Waals surface area contributed by atoms with Crippen molar-refractivity contribution in [1.29, 1.82) is 0 Å². The zero-order chi connectivity index (χ0) is 18.8. The minimum Gasteiger partial charge on any atom is -0.494 e. The fraction of sp³-hybridized carbons (Fsp3) is 0.375. The third kappa shape index (κ3) is 2.68. The standard InChI is InChI=1S/C16H16N4O6/c1-3-25-10-7-5-9(6-8-10)19-14(21)11-12(16(23)26-4-2)17-20(18-24)13(11)15(19)22/h5-8,11,13H,3-4H2,1-2H3/t11-,13-/m1/s1. The van der Waals surface area contributed by atoms with Gasteiger partial charge < -0.3 is 9.47 Å². The van der Waals surface area contributed by atoms with E-state index >= 15 is 0 Å². The zero-order valence-electron chi connectivity index (χ0n) is 14.1. The number of anilines is 1. The normalized spacial score (nSPS) is 21.5. The van der Waals surface area contributed by atoms with Gasteiger partial charge in [-0.3, -0.25) is 9.59 Å². The Morgan fingerprint density at radius 3 is 2.42 bits per heavy atom. The molecule has 0 unspecified atom stereocenters. The fourth-order valence-corrected chi connectivity index (χ4v) is 2.95. The fourth-order valence-electron chi connectivity index (χ4n) is 2.95. The quantitative estimate of drug-likeness (QED) is 0.419. The van der Waals surface area contributed by atoms with Gasteiger partial charge in [0.1, 0.15) is 11.7 Å². The lowest BCUT2D eigenvalue weighted by Crippen LogP contribution is -2.36. The highest BCUT2D eigenvalue weighted by molar-refractivity contribution is 6.46. The maximum Gasteiger partial charge on any atom is 0.355 e. The van der Waals surface area contributed by atoms with Crippen LogP contribution < -0.4 is 9.64 Å². The molecule has 1 aromatic rings. The molecular weight excluding hydrogens is 344 g/mol. The molecule has 2 atom stereocenters. The van der Waals surface area contributed by atoms with Crippen molar-refractivity contribution < 1.29 is 23.9 Å². The molecule has 0 spiro atoms. The Hall–Kier alpha value is -3.30. The number of nitroso groups, excluding NO2 is 1. The predicted octanol–water partition coefficient (Wildman–Crippen LogP) is 0.859. The van der Waals surface area contributed by atoms with Crippen LogP contribution in [0.25, 0.3) is 0 Å². The summed E-state index contributed by atoms with van der Waals surface area (Å²) in [7, 11) is 0. The maximum absolute atomic E-state index is 12.8. The number of fused-ring (bicyclic) bond motifs is 1. The summed E-state index contributed by atoms with van der Waals surface area (Å²) in [4.78, 5) is 49.5. The van der Waals surface area contributed by atoms with Gasteiger partial charge in [0, 0.05) is 0 Å². The van der Waals surface area contributed by atoms with E-state index in [9.17, 15) is 19.3 Å². The number of rotatable bonds is 6. The molecule has 0 aromatic heterocycles. The summed E-state index contributed by atoms with van der Waals surface area (Å²) in [6.07, 6.45) is 0. The van der Waals surface area contributed by atoms with Crippen LogP contribution in [0, 0.1) is 10.8 Å². The summed E-state index contributed by atoms with van der Waals surface area (Å²) in [6, 6.07) is 5.03. The van der Waals surface area contributed by atoms with Crippen LogP contribution in [0.1, 0.15) is 13.8 Å². The highest BCUT2D eigenvalue weighted by atomic mass is 16.5. The van der Waals surface area contributed by atoms with E-state index in [1.165, 1.54) is 0 Å². The number of hydrazone groups is 1. The van der Waals surface area contributed by atoms with E-state index in [-0.39, 0.29) is 12.3 Å². The molecule has 1 aromatic carbocycles. The van der Waals surface area contributed by atoms with Gasteiger partial charge in [-0.25, -0.2) is 9.69 Å². The van der Waals surface area contributed by atoms with E-state index in [1.54, 1.807) is 31.2 Å². The minimum absolute atomic E-state index is 0.0640. The first-order chi connectivity index (χ1) is 12.5. The van der Waals surface area contributed by atoms with Gasteiger partial charge in [0.2, 0.25) is 5.91 Å². The second kappa shape index (κ2) is 6.90. The molecule has 1 fully saturated rings. The molecule has 0 saturated carbocycles. The van der Waals surface area contributed by atoms with Crippen molar-refractivity contribution in [1.82, 2.24) is 5.12 Å². The molecule has 26 heavy (non-hydrogen) atoms. The van der Waals surface area contributed by atoms with Crippen molar-refractivity contribution in [2.75, 3.05) is 18.1 Å².